The number of nitrogens with zero attached hydrogens (tertiary/aromatic N) is 2. The summed E-state index contributed by atoms with van der Waals surface area (Å²) in [5, 5.41) is 3.22. The number of fused-ring (bicyclic) bond motifs is 1. The first-order valence-electron chi connectivity index (χ1n) is 8.89. The van der Waals surface area contributed by atoms with Crippen molar-refractivity contribution in [2.75, 3.05) is 6.54 Å². The van der Waals surface area contributed by atoms with Crippen molar-refractivity contribution in [3.63, 3.8) is 0 Å². The second kappa shape index (κ2) is 8.32. The van der Waals surface area contributed by atoms with Crippen LogP contribution < -0.4 is 10.9 Å². The maximum absolute atomic E-state index is 13.3. The van der Waals surface area contributed by atoms with E-state index in [4.69, 9.17) is 6.42 Å². The van der Waals surface area contributed by atoms with Crippen molar-refractivity contribution in [2.24, 2.45) is 0 Å². The molecule has 142 valence electrons. The predicted molar refractivity (Wildman–Crippen MR) is 114 cm³/mol. The van der Waals surface area contributed by atoms with Crippen molar-refractivity contribution in [1.29, 1.82) is 0 Å². The largest absolute Gasteiger partial charge is 0.344 e. The van der Waals surface area contributed by atoms with Crippen molar-refractivity contribution >= 4 is 28.6 Å². The minimum atomic E-state index is -0.460. The third-order valence-corrected chi connectivity index (χ3v) is 5.28. The van der Waals surface area contributed by atoms with E-state index in [1.807, 2.05) is 44.2 Å². The predicted octanol–water partition coefficient (Wildman–Crippen LogP) is 3.23. The van der Waals surface area contributed by atoms with Crippen LogP contribution in [-0.4, -0.2) is 27.3 Å². The van der Waals surface area contributed by atoms with E-state index in [9.17, 15) is 9.59 Å². The summed E-state index contributed by atoms with van der Waals surface area (Å²) in [6.45, 7) is 5.90. The molecule has 0 radical (unpaired) electrons. The Hall–Kier alpha value is -3.04. The van der Waals surface area contributed by atoms with Crippen molar-refractivity contribution in [3.8, 4) is 18.0 Å². The Bertz CT molecular complexity index is 1120. The van der Waals surface area contributed by atoms with Gasteiger partial charge in [-0.05, 0) is 56.2 Å². The van der Waals surface area contributed by atoms with Crippen LogP contribution in [0.5, 0.6) is 0 Å². The number of thioether (sulfide) groups is 1. The van der Waals surface area contributed by atoms with Crippen LogP contribution in [0.4, 0.5) is 0 Å². The fraction of sp³-hybridized carbons (Fsp3) is 0.227. The zero-order valence-corrected chi connectivity index (χ0v) is 16.8. The Labute approximate surface area is 168 Å². The zero-order chi connectivity index (χ0) is 20.3. The van der Waals surface area contributed by atoms with Gasteiger partial charge in [0.05, 0.1) is 28.4 Å². The van der Waals surface area contributed by atoms with Crippen LogP contribution in [0.3, 0.4) is 0 Å². The second-order valence-corrected chi connectivity index (χ2v) is 7.89. The van der Waals surface area contributed by atoms with E-state index < -0.39 is 5.25 Å². The molecule has 0 saturated heterocycles. The van der Waals surface area contributed by atoms with Crippen molar-refractivity contribution < 1.29 is 4.79 Å². The smallest absolute Gasteiger partial charge is 0.266 e. The van der Waals surface area contributed by atoms with Gasteiger partial charge in [-0.15, -0.1) is 6.42 Å². The molecule has 3 aromatic rings. The summed E-state index contributed by atoms with van der Waals surface area (Å²) >= 11 is 1.24. The Morgan fingerprint density at radius 3 is 2.61 bits per heavy atom. The molecule has 28 heavy (non-hydrogen) atoms. The Morgan fingerprint density at radius 2 is 1.93 bits per heavy atom. The van der Waals surface area contributed by atoms with Gasteiger partial charge in [-0.25, -0.2) is 4.98 Å². The van der Waals surface area contributed by atoms with E-state index in [0.29, 0.717) is 16.1 Å². The molecule has 0 fully saturated rings. The normalized spacial score (nSPS) is 11.8. The minimum Gasteiger partial charge on any atom is -0.344 e. The highest BCUT2D eigenvalue weighted by Gasteiger charge is 2.20. The minimum absolute atomic E-state index is 0.158. The molecule has 0 aliphatic carbocycles. The lowest BCUT2D eigenvalue weighted by Crippen LogP contribution is -2.32. The lowest BCUT2D eigenvalue weighted by Gasteiger charge is -2.17. The Balaban J connectivity index is 2.16. The van der Waals surface area contributed by atoms with Gasteiger partial charge in [0, 0.05) is 0 Å². The topological polar surface area (TPSA) is 64.0 Å². The van der Waals surface area contributed by atoms with E-state index in [2.05, 4.69) is 16.2 Å². The van der Waals surface area contributed by atoms with Crippen LogP contribution in [0.1, 0.15) is 18.1 Å². The molecule has 0 saturated carbocycles. The summed E-state index contributed by atoms with van der Waals surface area (Å²) in [5.41, 5.74) is 3.28. The third kappa shape index (κ3) is 4.10. The van der Waals surface area contributed by atoms with E-state index in [1.165, 1.54) is 11.8 Å². The number of nitrogens with one attached hydrogen (secondary N) is 1. The average molecular weight is 391 g/mol. The number of terminal acetylenes is 1. The molecule has 1 unspecified atom stereocenters. The zero-order valence-electron chi connectivity index (χ0n) is 16.0. The van der Waals surface area contributed by atoms with Gasteiger partial charge in [-0.2, -0.15) is 0 Å². The fourth-order valence-electron chi connectivity index (χ4n) is 2.99. The van der Waals surface area contributed by atoms with Crippen molar-refractivity contribution in [1.82, 2.24) is 14.9 Å². The molecule has 0 aliphatic heterocycles. The molecule has 1 heterocycles. The summed E-state index contributed by atoms with van der Waals surface area (Å²) in [7, 11) is 0. The van der Waals surface area contributed by atoms with Gasteiger partial charge in [0.2, 0.25) is 5.91 Å². The molecular formula is C22H21N3O2S. The number of rotatable bonds is 5. The highest BCUT2D eigenvalue weighted by molar-refractivity contribution is 8.00. The number of para-hydroxylation sites is 1. The van der Waals surface area contributed by atoms with Crippen molar-refractivity contribution in [3.05, 3.63) is 63.9 Å². The number of benzene rings is 2. The van der Waals surface area contributed by atoms with Crippen LogP contribution in [-0.2, 0) is 4.79 Å². The van der Waals surface area contributed by atoms with Gasteiger partial charge in [-0.1, -0.05) is 35.9 Å². The molecular weight excluding hydrogens is 370 g/mol. The van der Waals surface area contributed by atoms with Crippen LogP contribution in [0, 0.1) is 26.2 Å². The van der Waals surface area contributed by atoms with Gasteiger partial charge < -0.3 is 5.32 Å². The highest BCUT2D eigenvalue weighted by atomic mass is 32.2. The van der Waals surface area contributed by atoms with Crippen LogP contribution in [0.25, 0.3) is 16.6 Å². The number of hydrogen-bond donors (Lipinski definition) is 1. The van der Waals surface area contributed by atoms with Gasteiger partial charge in [-0.3, -0.25) is 14.2 Å². The first-order chi connectivity index (χ1) is 13.4. The summed E-state index contributed by atoms with van der Waals surface area (Å²) in [6, 6.07) is 13.2. The molecule has 1 atom stereocenters. The molecule has 1 aromatic heterocycles. The fourth-order valence-corrected chi connectivity index (χ4v) is 3.94. The summed E-state index contributed by atoms with van der Waals surface area (Å²) in [4.78, 5) is 30.2. The van der Waals surface area contributed by atoms with Gasteiger partial charge in [0.15, 0.2) is 5.16 Å². The third-order valence-electron chi connectivity index (χ3n) is 4.23. The van der Waals surface area contributed by atoms with Gasteiger partial charge >= 0.3 is 0 Å². The lowest BCUT2D eigenvalue weighted by atomic mass is 10.1. The molecule has 5 nitrogen and oxygen atoms in total. The number of aryl methyl sites for hydroxylation is 2. The Morgan fingerprint density at radius 1 is 1.25 bits per heavy atom. The maximum atomic E-state index is 13.3. The SMILES string of the molecule is C#CCNC(=O)C(C)Sc1nc2ccccc2c(=O)n1-c1cc(C)cc(C)c1. The quantitative estimate of drug-likeness (QED) is 0.412. The standard InChI is InChI=1S/C22H21N3O2S/c1-5-10-23-20(26)16(4)28-22-24-19-9-7-6-8-18(19)21(27)25(22)17-12-14(2)11-15(3)13-17/h1,6-9,11-13,16H,10H2,2-4H3,(H,23,26). The first-order valence-corrected chi connectivity index (χ1v) is 9.77. The molecule has 0 spiro atoms. The highest BCUT2D eigenvalue weighted by Crippen LogP contribution is 2.26. The average Bonchev–Trinajstić information content (AvgIpc) is 2.65. The van der Waals surface area contributed by atoms with E-state index in [0.717, 1.165) is 16.8 Å². The van der Waals surface area contributed by atoms with E-state index >= 15 is 0 Å². The monoisotopic (exact) mass is 391 g/mol. The molecule has 0 bridgehead atoms. The van der Waals surface area contributed by atoms with Crippen molar-refractivity contribution in [2.45, 2.75) is 31.2 Å². The summed E-state index contributed by atoms with van der Waals surface area (Å²) in [6.07, 6.45) is 5.21. The Kier molecular flexibility index (Phi) is 5.86. The van der Waals surface area contributed by atoms with Crippen LogP contribution in [0.15, 0.2) is 52.4 Å². The van der Waals surface area contributed by atoms with Crippen LogP contribution >= 0.6 is 11.8 Å². The van der Waals surface area contributed by atoms with E-state index in [1.54, 1.807) is 23.6 Å². The second-order valence-electron chi connectivity index (χ2n) is 6.58. The number of aromatic nitrogens is 2. The van der Waals surface area contributed by atoms with Gasteiger partial charge in [0.1, 0.15) is 0 Å². The molecule has 2 aromatic carbocycles. The van der Waals surface area contributed by atoms with Crippen LogP contribution in [0.2, 0.25) is 0 Å². The first kappa shape index (κ1) is 19.7. The molecule has 0 aliphatic rings. The summed E-state index contributed by atoms with van der Waals surface area (Å²) in [5.74, 6) is 2.19. The molecule has 1 amide bonds. The number of carbonyl (C=O) groups is 1. The molecule has 3 rings (SSSR count). The number of carbonyl (C=O) groups excluding carboxylic acids is 1. The molecule has 1 N–H and O–H groups in total. The maximum Gasteiger partial charge on any atom is 0.266 e. The molecule has 6 heteroatoms. The van der Waals surface area contributed by atoms with E-state index in [-0.39, 0.29) is 18.0 Å². The number of hydrogen-bond acceptors (Lipinski definition) is 4. The number of amides is 1. The van der Waals surface area contributed by atoms with Gasteiger partial charge in [0.25, 0.3) is 5.56 Å². The summed E-state index contributed by atoms with van der Waals surface area (Å²) < 4.78 is 1.58. The lowest BCUT2D eigenvalue weighted by molar-refractivity contribution is -0.120.